The van der Waals surface area contributed by atoms with Gasteiger partial charge in [-0.05, 0) is 5.92 Å². The Kier molecular flexibility index (Phi) is 2.86. The highest BCUT2D eigenvalue weighted by molar-refractivity contribution is 5.52. The van der Waals surface area contributed by atoms with Crippen molar-refractivity contribution in [3.05, 3.63) is 17.5 Å². The molecule has 0 bridgehead atoms. The van der Waals surface area contributed by atoms with E-state index in [1.165, 1.54) is 11.3 Å². The largest absolute Gasteiger partial charge is 0.302 e. The highest BCUT2D eigenvalue weighted by Gasteiger charge is 2.22. The molecule has 0 aromatic carbocycles. The smallest absolute Gasteiger partial charge is 0.134 e. The fourth-order valence-corrected chi connectivity index (χ4v) is 2.01. The number of aldehydes is 1. The Bertz CT molecular complexity index is 357. The molecule has 1 aliphatic heterocycles. The molecule has 0 unspecified atom stereocenters. The van der Waals surface area contributed by atoms with Crippen molar-refractivity contribution in [1.82, 2.24) is 14.7 Å². The lowest BCUT2D eigenvalue weighted by atomic mass is 10.2. The molecule has 0 spiro atoms. The normalized spacial score (nSPS) is 15.9. The van der Waals surface area contributed by atoms with Crippen LogP contribution in [0.15, 0.2) is 6.20 Å². The molecule has 4 heteroatoms. The van der Waals surface area contributed by atoms with Gasteiger partial charge in [-0.2, -0.15) is 5.10 Å². The van der Waals surface area contributed by atoms with Crippen LogP contribution in [-0.4, -0.2) is 27.5 Å². The first kappa shape index (κ1) is 10.4. The Morgan fingerprint density at radius 2 is 2.33 bits per heavy atom. The van der Waals surface area contributed by atoms with Gasteiger partial charge in [0.2, 0.25) is 0 Å². The van der Waals surface area contributed by atoms with Crippen LogP contribution in [0.5, 0.6) is 0 Å². The lowest BCUT2D eigenvalue weighted by Gasteiger charge is -2.12. The summed E-state index contributed by atoms with van der Waals surface area (Å²) in [5.74, 6) is 0.606. The number of carbonyl (C=O) groups excluding carboxylic acids is 1. The molecule has 0 radical (unpaired) electrons. The lowest BCUT2D eigenvalue weighted by Crippen LogP contribution is -2.20. The number of hydrogen-bond acceptors (Lipinski definition) is 3. The molecule has 15 heavy (non-hydrogen) atoms. The second-order valence-corrected chi connectivity index (χ2v) is 4.53. The number of rotatable bonds is 4. The topological polar surface area (TPSA) is 38.1 Å². The number of carbonyl (C=O) groups is 1. The van der Waals surface area contributed by atoms with Gasteiger partial charge in [-0.3, -0.25) is 9.58 Å². The molecule has 0 N–H and O–H groups in total. The second kappa shape index (κ2) is 4.14. The summed E-state index contributed by atoms with van der Waals surface area (Å²) in [5.41, 5.74) is 2.56. The summed E-state index contributed by atoms with van der Waals surface area (Å²) in [4.78, 5) is 12.6. The van der Waals surface area contributed by atoms with Crippen LogP contribution in [0.3, 0.4) is 0 Å². The van der Waals surface area contributed by atoms with E-state index in [1.807, 2.05) is 6.20 Å². The van der Waals surface area contributed by atoms with Crippen molar-refractivity contribution in [3.8, 4) is 0 Å². The molecule has 0 saturated heterocycles. The first-order chi connectivity index (χ1) is 7.20. The van der Waals surface area contributed by atoms with Gasteiger partial charge in [0.05, 0.1) is 18.4 Å². The summed E-state index contributed by atoms with van der Waals surface area (Å²) in [5, 5.41) is 4.37. The van der Waals surface area contributed by atoms with Crippen LogP contribution in [0.25, 0.3) is 0 Å². The van der Waals surface area contributed by atoms with Crippen molar-refractivity contribution in [2.75, 3.05) is 6.54 Å². The molecular formula is C11H17N3O. The van der Waals surface area contributed by atoms with Gasteiger partial charge in [-0.1, -0.05) is 13.8 Å². The maximum absolute atomic E-state index is 10.4. The Hall–Kier alpha value is -1.16. The third-order valence-electron chi connectivity index (χ3n) is 2.67. The van der Waals surface area contributed by atoms with Crippen molar-refractivity contribution in [3.63, 3.8) is 0 Å². The van der Waals surface area contributed by atoms with Crippen LogP contribution in [-0.2, 0) is 24.4 Å². The van der Waals surface area contributed by atoms with E-state index in [1.54, 1.807) is 0 Å². The van der Waals surface area contributed by atoms with Crippen molar-refractivity contribution < 1.29 is 4.79 Å². The van der Waals surface area contributed by atoms with E-state index in [2.05, 4.69) is 28.5 Å². The molecule has 2 heterocycles. The summed E-state index contributed by atoms with van der Waals surface area (Å²) in [7, 11) is 0. The minimum absolute atomic E-state index is 0.524. The summed E-state index contributed by atoms with van der Waals surface area (Å²) < 4.78 is 2.07. The van der Waals surface area contributed by atoms with E-state index in [9.17, 15) is 4.79 Å². The summed E-state index contributed by atoms with van der Waals surface area (Å²) in [6.45, 7) is 7.59. The third-order valence-corrected chi connectivity index (χ3v) is 2.67. The zero-order chi connectivity index (χ0) is 10.8. The van der Waals surface area contributed by atoms with Crippen LogP contribution >= 0.6 is 0 Å². The Labute approximate surface area is 89.9 Å². The van der Waals surface area contributed by atoms with Crippen LogP contribution in [0, 0.1) is 5.92 Å². The molecular weight excluding hydrogens is 190 g/mol. The first-order valence-corrected chi connectivity index (χ1v) is 5.40. The number of nitrogens with zero attached hydrogens (tertiary/aromatic N) is 3. The van der Waals surface area contributed by atoms with Crippen molar-refractivity contribution >= 4 is 6.29 Å². The molecule has 1 aromatic heterocycles. The van der Waals surface area contributed by atoms with Gasteiger partial charge in [0.15, 0.2) is 0 Å². The van der Waals surface area contributed by atoms with Crippen LogP contribution in [0.2, 0.25) is 0 Å². The minimum Gasteiger partial charge on any atom is -0.302 e. The third kappa shape index (κ3) is 2.09. The second-order valence-electron chi connectivity index (χ2n) is 4.53. The van der Waals surface area contributed by atoms with Crippen LogP contribution in [0.1, 0.15) is 25.1 Å². The predicted molar refractivity (Wildman–Crippen MR) is 57.2 cm³/mol. The highest BCUT2D eigenvalue weighted by Crippen LogP contribution is 2.22. The molecule has 1 aromatic rings. The number of hydrogen-bond donors (Lipinski definition) is 0. The van der Waals surface area contributed by atoms with Gasteiger partial charge in [0, 0.05) is 25.2 Å². The van der Waals surface area contributed by atoms with Crippen LogP contribution < -0.4 is 0 Å². The Morgan fingerprint density at radius 1 is 1.53 bits per heavy atom. The van der Waals surface area contributed by atoms with Crippen molar-refractivity contribution in [2.24, 2.45) is 5.92 Å². The SMILES string of the molecule is CC(C)Cn1ncc2c1CN(CC=O)C2. The molecule has 2 rings (SSSR count). The van der Waals surface area contributed by atoms with E-state index in [0.29, 0.717) is 12.5 Å². The van der Waals surface area contributed by atoms with E-state index < -0.39 is 0 Å². The number of fused-ring (bicyclic) bond motifs is 1. The first-order valence-electron chi connectivity index (χ1n) is 5.40. The molecule has 0 fully saturated rings. The van der Waals surface area contributed by atoms with Gasteiger partial charge in [0.25, 0.3) is 0 Å². The van der Waals surface area contributed by atoms with E-state index in [4.69, 9.17) is 0 Å². The fraction of sp³-hybridized carbons (Fsp3) is 0.636. The van der Waals surface area contributed by atoms with Crippen LogP contribution in [0.4, 0.5) is 0 Å². The summed E-state index contributed by atoms with van der Waals surface area (Å²) in [6.07, 6.45) is 2.90. The minimum atomic E-state index is 0.524. The standard InChI is InChI=1S/C11H17N3O/c1-9(2)6-14-11-8-13(3-4-15)7-10(11)5-12-14/h4-5,9H,3,6-8H2,1-2H3. The van der Waals surface area contributed by atoms with E-state index in [-0.39, 0.29) is 0 Å². The Balaban J connectivity index is 2.10. The molecule has 0 aliphatic carbocycles. The number of aromatic nitrogens is 2. The fourth-order valence-electron chi connectivity index (χ4n) is 2.01. The summed E-state index contributed by atoms with van der Waals surface area (Å²) >= 11 is 0. The van der Waals surface area contributed by atoms with Crippen molar-refractivity contribution in [2.45, 2.75) is 33.5 Å². The molecule has 0 atom stereocenters. The quantitative estimate of drug-likeness (QED) is 0.693. The molecule has 82 valence electrons. The van der Waals surface area contributed by atoms with E-state index in [0.717, 1.165) is 25.9 Å². The average Bonchev–Trinajstić information content (AvgIpc) is 2.68. The van der Waals surface area contributed by atoms with Gasteiger partial charge >= 0.3 is 0 Å². The van der Waals surface area contributed by atoms with Gasteiger partial charge < -0.3 is 4.79 Å². The zero-order valence-electron chi connectivity index (χ0n) is 9.31. The lowest BCUT2D eigenvalue weighted by molar-refractivity contribution is -0.109. The monoisotopic (exact) mass is 207 g/mol. The molecule has 0 saturated carbocycles. The maximum atomic E-state index is 10.4. The predicted octanol–water partition coefficient (Wildman–Crippen LogP) is 1.05. The van der Waals surface area contributed by atoms with Gasteiger partial charge in [-0.25, -0.2) is 0 Å². The molecule has 1 aliphatic rings. The van der Waals surface area contributed by atoms with Crippen molar-refractivity contribution in [1.29, 1.82) is 0 Å². The van der Waals surface area contributed by atoms with Gasteiger partial charge in [0.1, 0.15) is 6.29 Å². The summed E-state index contributed by atoms with van der Waals surface area (Å²) in [6, 6.07) is 0. The zero-order valence-corrected chi connectivity index (χ0v) is 9.31. The maximum Gasteiger partial charge on any atom is 0.134 e. The Morgan fingerprint density at radius 3 is 3.00 bits per heavy atom. The highest BCUT2D eigenvalue weighted by atomic mass is 16.1. The van der Waals surface area contributed by atoms with Gasteiger partial charge in [-0.15, -0.1) is 0 Å². The van der Waals surface area contributed by atoms with E-state index >= 15 is 0 Å². The molecule has 4 nitrogen and oxygen atoms in total. The average molecular weight is 207 g/mol. The molecule has 0 amide bonds.